The summed E-state index contributed by atoms with van der Waals surface area (Å²) in [5.41, 5.74) is -1.05. The lowest BCUT2D eigenvalue weighted by Crippen LogP contribution is -2.42. The molecule has 2 rings (SSSR count). The Morgan fingerprint density at radius 1 is 1.32 bits per heavy atom. The lowest BCUT2D eigenvalue weighted by atomic mass is 10.1. The van der Waals surface area contributed by atoms with Crippen LogP contribution in [0.2, 0.25) is 0 Å². The van der Waals surface area contributed by atoms with E-state index in [0.717, 1.165) is 38.8 Å². The van der Waals surface area contributed by atoms with Gasteiger partial charge in [0.2, 0.25) is 5.91 Å². The Labute approximate surface area is 114 Å². The van der Waals surface area contributed by atoms with Gasteiger partial charge in [0.25, 0.3) is 0 Å². The maximum atomic E-state index is 12.5. The van der Waals surface area contributed by atoms with E-state index in [9.17, 15) is 9.59 Å². The normalized spacial score (nSPS) is 29.4. The van der Waals surface area contributed by atoms with Crippen LogP contribution in [0, 0.1) is 5.41 Å². The standard InChI is InChI=1S/C14H23NO4/c1-3-4-9-19-11-10-14(11,13(17)18-2)12(16)15-7-5-6-8-15/h11H,3-10H2,1-2H3/t11-,14+/m0/s1. The SMILES string of the molecule is CCCCO[C@H]1C[C@]1(C(=O)OC)C(=O)N1CCCC1. The quantitative estimate of drug-likeness (QED) is 0.415. The molecule has 0 aromatic heterocycles. The molecule has 2 fully saturated rings. The molecule has 5 heteroatoms. The molecule has 0 N–H and O–H groups in total. The first-order valence-electron chi connectivity index (χ1n) is 7.16. The summed E-state index contributed by atoms with van der Waals surface area (Å²) in [4.78, 5) is 26.3. The molecule has 19 heavy (non-hydrogen) atoms. The van der Waals surface area contributed by atoms with Crippen LogP contribution in [0.4, 0.5) is 0 Å². The summed E-state index contributed by atoms with van der Waals surface area (Å²) in [5.74, 6) is -0.538. The van der Waals surface area contributed by atoms with Crippen molar-refractivity contribution in [1.29, 1.82) is 0 Å². The highest BCUT2D eigenvalue weighted by Crippen LogP contribution is 2.51. The molecule has 2 aliphatic rings. The van der Waals surface area contributed by atoms with Crippen molar-refractivity contribution in [3.63, 3.8) is 0 Å². The summed E-state index contributed by atoms with van der Waals surface area (Å²) < 4.78 is 10.5. The molecule has 1 amide bonds. The van der Waals surface area contributed by atoms with E-state index in [2.05, 4.69) is 6.92 Å². The fourth-order valence-corrected chi connectivity index (χ4v) is 2.72. The number of nitrogens with zero attached hydrogens (tertiary/aromatic N) is 1. The highest BCUT2D eigenvalue weighted by atomic mass is 16.5. The van der Waals surface area contributed by atoms with Gasteiger partial charge in [-0.1, -0.05) is 13.3 Å². The number of esters is 1. The van der Waals surface area contributed by atoms with Crippen molar-refractivity contribution in [2.75, 3.05) is 26.8 Å². The van der Waals surface area contributed by atoms with Gasteiger partial charge in [-0.25, -0.2) is 0 Å². The van der Waals surface area contributed by atoms with E-state index in [1.807, 2.05) is 0 Å². The minimum absolute atomic E-state index is 0.0988. The van der Waals surface area contributed by atoms with Crippen LogP contribution < -0.4 is 0 Å². The molecule has 1 aliphatic carbocycles. The molecule has 0 aromatic rings. The molecule has 0 bridgehead atoms. The molecule has 108 valence electrons. The van der Waals surface area contributed by atoms with Gasteiger partial charge in [-0.05, 0) is 19.3 Å². The Bertz CT molecular complexity index is 351. The first-order chi connectivity index (χ1) is 9.16. The maximum Gasteiger partial charge on any atom is 0.324 e. The third-order valence-electron chi connectivity index (χ3n) is 4.04. The lowest BCUT2D eigenvalue weighted by molar-refractivity contribution is -0.158. The van der Waals surface area contributed by atoms with Crippen LogP contribution >= 0.6 is 0 Å². The van der Waals surface area contributed by atoms with E-state index in [0.29, 0.717) is 13.0 Å². The number of carbonyl (C=O) groups is 2. The van der Waals surface area contributed by atoms with E-state index >= 15 is 0 Å². The molecule has 0 radical (unpaired) electrons. The second-order valence-electron chi connectivity index (χ2n) is 5.38. The maximum absolute atomic E-state index is 12.5. The van der Waals surface area contributed by atoms with Crippen LogP contribution in [0.15, 0.2) is 0 Å². The zero-order chi connectivity index (χ0) is 13.9. The van der Waals surface area contributed by atoms with Crippen molar-refractivity contribution in [2.45, 2.75) is 45.1 Å². The molecule has 1 aliphatic heterocycles. The lowest BCUT2D eigenvalue weighted by Gasteiger charge is -2.22. The van der Waals surface area contributed by atoms with Crippen molar-refractivity contribution in [3.05, 3.63) is 0 Å². The summed E-state index contributed by atoms with van der Waals surface area (Å²) in [5, 5.41) is 0. The van der Waals surface area contributed by atoms with E-state index in [1.54, 1.807) is 4.90 Å². The van der Waals surface area contributed by atoms with Crippen molar-refractivity contribution in [2.24, 2.45) is 5.41 Å². The van der Waals surface area contributed by atoms with Crippen LogP contribution in [0.5, 0.6) is 0 Å². The number of hydrogen-bond acceptors (Lipinski definition) is 4. The van der Waals surface area contributed by atoms with Crippen LogP contribution in [0.3, 0.4) is 0 Å². The van der Waals surface area contributed by atoms with Crippen LogP contribution in [-0.4, -0.2) is 49.7 Å². The fourth-order valence-electron chi connectivity index (χ4n) is 2.72. The van der Waals surface area contributed by atoms with Crippen molar-refractivity contribution >= 4 is 11.9 Å². The predicted molar refractivity (Wildman–Crippen MR) is 69.5 cm³/mol. The molecule has 0 unspecified atom stereocenters. The second-order valence-corrected chi connectivity index (χ2v) is 5.38. The largest absolute Gasteiger partial charge is 0.468 e. The summed E-state index contributed by atoms with van der Waals surface area (Å²) in [7, 11) is 1.34. The van der Waals surface area contributed by atoms with Gasteiger partial charge >= 0.3 is 5.97 Å². The molecule has 0 spiro atoms. The van der Waals surface area contributed by atoms with Gasteiger partial charge in [0, 0.05) is 26.1 Å². The van der Waals surface area contributed by atoms with Crippen molar-refractivity contribution in [1.82, 2.24) is 4.90 Å². The number of carbonyl (C=O) groups excluding carboxylic acids is 2. The van der Waals surface area contributed by atoms with E-state index in [4.69, 9.17) is 9.47 Å². The molecule has 0 aromatic carbocycles. The average molecular weight is 269 g/mol. The molecular weight excluding hydrogens is 246 g/mol. The molecule has 1 heterocycles. The Morgan fingerprint density at radius 2 is 2.00 bits per heavy atom. The third-order valence-corrected chi connectivity index (χ3v) is 4.04. The highest BCUT2D eigenvalue weighted by molar-refractivity contribution is 6.07. The number of hydrogen-bond donors (Lipinski definition) is 0. The smallest absolute Gasteiger partial charge is 0.324 e. The fraction of sp³-hybridized carbons (Fsp3) is 0.857. The van der Waals surface area contributed by atoms with Crippen molar-refractivity contribution < 1.29 is 19.1 Å². The Balaban J connectivity index is 2.01. The van der Waals surface area contributed by atoms with Crippen molar-refractivity contribution in [3.8, 4) is 0 Å². The topological polar surface area (TPSA) is 55.8 Å². The number of unbranched alkanes of at least 4 members (excludes halogenated alkanes) is 1. The molecular formula is C14H23NO4. The Morgan fingerprint density at radius 3 is 2.58 bits per heavy atom. The van der Waals surface area contributed by atoms with Gasteiger partial charge in [0.15, 0.2) is 5.41 Å². The minimum atomic E-state index is -1.05. The zero-order valence-electron chi connectivity index (χ0n) is 11.8. The van der Waals surface area contributed by atoms with Gasteiger partial charge in [-0.2, -0.15) is 0 Å². The number of ether oxygens (including phenoxy) is 2. The summed E-state index contributed by atoms with van der Waals surface area (Å²) in [6.45, 7) is 4.19. The molecule has 5 nitrogen and oxygen atoms in total. The predicted octanol–water partition coefficient (Wildman–Crippen LogP) is 1.36. The van der Waals surface area contributed by atoms with Crippen LogP contribution in [0.1, 0.15) is 39.0 Å². The minimum Gasteiger partial charge on any atom is -0.468 e. The average Bonchev–Trinajstić information content (AvgIpc) is 2.89. The van der Waals surface area contributed by atoms with E-state index < -0.39 is 11.4 Å². The van der Waals surface area contributed by atoms with Gasteiger partial charge in [0.05, 0.1) is 13.2 Å². The van der Waals surface area contributed by atoms with Crippen LogP contribution in [-0.2, 0) is 19.1 Å². The van der Waals surface area contributed by atoms with E-state index in [1.165, 1.54) is 7.11 Å². The monoisotopic (exact) mass is 269 g/mol. The molecule has 1 saturated heterocycles. The highest BCUT2D eigenvalue weighted by Gasteiger charge is 2.69. The summed E-state index contributed by atoms with van der Waals surface area (Å²) >= 11 is 0. The molecule has 2 atom stereocenters. The van der Waals surface area contributed by atoms with Gasteiger partial charge < -0.3 is 14.4 Å². The number of methoxy groups -OCH3 is 1. The Hall–Kier alpha value is -1.10. The number of rotatable bonds is 6. The Kier molecular flexibility index (Phi) is 4.45. The third kappa shape index (κ3) is 2.61. The summed E-state index contributed by atoms with van der Waals surface area (Å²) in [6, 6.07) is 0. The van der Waals surface area contributed by atoms with E-state index in [-0.39, 0.29) is 12.0 Å². The second kappa shape index (κ2) is 5.90. The first kappa shape index (κ1) is 14.3. The molecule has 1 saturated carbocycles. The number of amides is 1. The van der Waals surface area contributed by atoms with Gasteiger partial charge in [0.1, 0.15) is 0 Å². The van der Waals surface area contributed by atoms with Gasteiger partial charge in [-0.3, -0.25) is 9.59 Å². The van der Waals surface area contributed by atoms with Gasteiger partial charge in [-0.15, -0.1) is 0 Å². The zero-order valence-corrected chi connectivity index (χ0v) is 11.8. The summed E-state index contributed by atoms with van der Waals surface area (Å²) in [6.07, 6.45) is 4.21. The first-order valence-corrected chi connectivity index (χ1v) is 7.16. The van der Waals surface area contributed by atoms with Crippen LogP contribution in [0.25, 0.3) is 0 Å². The number of likely N-dealkylation sites (tertiary alicyclic amines) is 1.